The number of anilines is 1. The number of benzene rings is 2. The zero-order valence-corrected chi connectivity index (χ0v) is 9.61. The lowest BCUT2D eigenvalue weighted by Gasteiger charge is -2.12. The first-order valence-corrected chi connectivity index (χ1v) is 5.17. The van der Waals surface area contributed by atoms with Gasteiger partial charge in [0.1, 0.15) is 11.5 Å². The lowest BCUT2D eigenvalue weighted by atomic mass is 10.2. The topological polar surface area (TPSA) is 44.5 Å². The van der Waals surface area contributed by atoms with Gasteiger partial charge in [-0.1, -0.05) is 12.1 Å². The molecular formula is C13H11F2NO2. The van der Waals surface area contributed by atoms with E-state index in [1.54, 1.807) is 24.3 Å². The summed E-state index contributed by atoms with van der Waals surface area (Å²) in [5.74, 6) is -0.929. The maximum Gasteiger partial charge on any atom is 0.169 e. The van der Waals surface area contributed by atoms with Crippen LogP contribution in [0.15, 0.2) is 36.4 Å². The Kier molecular flexibility index (Phi) is 3.32. The van der Waals surface area contributed by atoms with E-state index >= 15 is 0 Å². The molecular weight excluding hydrogens is 240 g/mol. The summed E-state index contributed by atoms with van der Waals surface area (Å²) in [5.41, 5.74) is 5.24. The minimum Gasteiger partial charge on any atom is -0.493 e. The summed E-state index contributed by atoms with van der Waals surface area (Å²) >= 11 is 0. The average molecular weight is 251 g/mol. The second kappa shape index (κ2) is 4.91. The number of hydrogen-bond donors (Lipinski definition) is 1. The lowest BCUT2D eigenvalue weighted by Crippen LogP contribution is -1.98. The first kappa shape index (κ1) is 12.2. The van der Waals surface area contributed by atoms with Gasteiger partial charge in [-0.15, -0.1) is 0 Å². The largest absolute Gasteiger partial charge is 0.493 e. The number of halogens is 2. The van der Waals surface area contributed by atoms with Crippen LogP contribution in [0.5, 0.6) is 17.2 Å². The van der Waals surface area contributed by atoms with Gasteiger partial charge in [-0.2, -0.15) is 0 Å². The molecule has 2 rings (SSSR count). The van der Waals surface area contributed by atoms with Crippen LogP contribution >= 0.6 is 0 Å². The predicted molar refractivity (Wildman–Crippen MR) is 63.8 cm³/mol. The molecule has 0 amide bonds. The monoisotopic (exact) mass is 251 g/mol. The van der Waals surface area contributed by atoms with Gasteiger partial charge in [-0.3, -0.25) is 0 Å². The van der Waals surface area contributed by atoms with Gasteiger partial charge < -0.3 is 15.2 Å². The third-order valence-electron chi connectivity index (χ3n) is 2.35. The van der Waals surface area contributed by atoms with E-state index in [1.165, 1.54) is 7.11 Å². The minimum absolute atomic E-state index is 0.0861. The van der Waals surface area contributed by atoms with Gasteiger partial charge in [-0.25, -0.2) is 8.78 Å². The number of ether oxygens (including phenoxy) is 2. The highest BCUT2D eigenvalue weighted by molar-refractivity contribution is 5.56. The third kappa shape index (κ3) is 2.34. The summed E-state index contributed by atoms with van der Waals surface area (Å²) < 4.78 is 36.8. The van der Waals surface area contributed by atoms with Gasteiger partial charge in [0.15, 0.2) is 23.1 Å². The van der Waals surface area contributed by atoms with Gasteiger partial charge in [0, 0.05) is 12.1 Å². The predicted octanol–water partition coefficient (Wildman–Crippen LogP) is 3.35. The first-order valence-electron chi connectivity index (χ1n) is 5.17. The molecule has 2 aromatic carbocycles. The van der Waals surface area contributed by atoms with E-state index < -0.39 is 11.6 Å². The first-order chi connectivity index (χ1) is 8.61. The van der Waals surface area contributed by atoms with Crippen molar-refractivity contribution in [1.82, 2.24) is 0 Å². The van der Waals surface area contributed by atoms with E-state index in [2.05, 4.69) is 0 Å². The molecule has 18 heavy (non-hydrogen) atoms. The molecule has 0 saturated heterocycles. The fourth-order valence-corrected chi connectivity index (χ4v) is 1.47. The second-order valence-electron chi connectivity index (χ2n) is 3.55. The van der Waals surface area contributed by atoms with Gasteiger partial charge in [0.25, 0.3) is 0 Å². The molecule has 94 valence electrons. The fourth-order valence-electron chi connectivity index (χ4n) is 1.47. The molecule has 0 spiro atoms. The zero-order valence-electron chi connectivity index (χ0n) is 9.61. The average Bonchev–Trinajstić information content (AvgIpc) is 2.36. The molecule has 0 fully saturated rings. The Labute approximate surface area is 103 Å². The molecule has 0 unspecified atom stereocenters. The van der Waals surface area contributed by atoms with Crippen LogP contribution in [0, 0.1) is 11.6 Å². The van der Waals surface area contributed by atoms with Crippen LogP contribution in [0.2, 0.25) is 0 Å². The number of nitrogens with two attached hydrogens (primary N) is 1. The number of nitrogen functional groups attached to an aromatic ring is 1. The Hall–Kier alpha value is -2.30. The van der Waals surface area contributed by atoms with Crippen molar-refractivity contribution < 1.29 is 18.3 Å². The fraction of sp³-hybridized carbons (Fsp3) is 0.0769. The van der Waals surface area contributed by atoms with Crippen molar-refractivity contribution in [3.05, 3.63) is 48.0 Å². The Balaban J connectivity index is 2.40. The maximum atomic E-state index is 13.2. The molecule has 0 aliphatic rings. The summed E-state index contributed by atoms with van der Waals surface area (Å²) in [6.07, 6.45) is 0. The molecule has 0 atom stereocenters. The maximum absolute atomic E-state index is 13.2. The molecule has 3 nitrogen and oxygen atoms in total. The summed E-state index contributed by atoms with van der Waals surface area (Å²) in [5, 5.41) is 0. The number of hydrogen-bond acceptors (Lipinski definition) is 3. The molecule has 2 aromatic rings. The SMILES string of the molecule is COc1ccccc1Oc1cc(F)cc(F)c1N. The van der Waals surface area contributed by atoms with Gasteiger partial charge in [0.05, 0.1) is 7.11 Å². The molecule has 0 saturated carbocycles. The van der Waals surface area contributed by atoms with Crippen LogP contribution in [0.4, 0.5) is 14.5 Å². The van der Waals surface area contributed by atoms with Crippen LogP contribution in [-0.2, 0) is 0 Å². The van der Waals surface area contributed by atoms with E-state index in [1.807, 2.05) is 0 Å². The molecule has 0 aromatic heterocycles. The normalized spacial score (nSPS) is 10.2. The van der Waals surface area contributed by atoms with E-state index in [9.17, 15) is 8.78 Å². The second-order valence-corrected chi connectivity index (χ2v) is 3.55. The van der Waals surface area contributed by atoms with Crippen LogP contribution in [-0.4, -0.2) is 7.11 Å². The Morgan fingerprint density at radius 2 is 1.67 bits per heavy atom. The highest BCUT2D eigenvalue weighted by Gasteiger charge is 2.12. The summed E-state index contributed by atoms with van der Waals surface area (Å²) in [6, 6.07) is 8.46. The molecule has 0 heterocycles. The third-order valence-corrected chi connectivity index (χ3v) is 2.35. The van der Waals surface area contributed by atoms with Gasteiger partial charge >= 0.3 is 0 Å². The summed E-state index contributed by atoms with van der Waals surface area (Å²) in [4.78, 5) is 0. The molecule has 0 aliphatic heterocycles. The quantitative estimate of drug-likeness (QED) is 0.851. The summed E-state index contributed by atoms with van der Waals surface area (Å²) in [7, 11) is 1.47. The smallest absolute Gasteiger partial charge is 0.169 e. The summed E-state index contributed by atoms with van der Waals surface area (Å²) in [6.45, 7) is 0. The minimum atomic E-state index is -0.861. The van der Waals surface area contributed by atoms with Crippen molar-refractivity contribution in [2.24, 2.45) is 0 Å². The number of methoxy groups -OCH3 is 1. The highest BCUT2D eigenvalue weighted by atomic mass is 19.1. The highest BCUT2D eigenvalue weighted by Crippen LogP contribution is 2.35. The Bertz CT molecular complexity index is 573. The molecule has 5 heteroatoms. The van der Waals surface area contributed by atoms with Crippen molar-refractivity contribution in [3.8, 4) is 17.2 Å². The Morgan fingerprint density at radius 3 is 2.33 bits per heavy atom. The molecule has 0 bridgehead atoms. The van der Waals surface area contributed by atoms with E-state index in [4.69, 9.17) is 15.2 Å². The molecule has 2 N–H and O–H groups in total. The molecule has 0 radical (unpaired) electrons. The van der Waals surface area contributed by atoms with Crippen molar-refractivity contribution in [3.63, 3.8) is 0 Å². The van der Waals surface area contributed by atoms with Crippen molar-refractivity contribution in [1.29, 1.82) is 0 Å². The van der Waals surface area contributed by atoms with E-state index in [0.29, 0.717) is 17.6 Å². The van der Waals surface area contributed by atoms with Crippen LogP contribution in [0.1, 0.15) is 0 Å². The van der Waals surface area contributed by atoms with E-state index in [0.717, 1.165) is 6.07 Å². The van der Waals surface area contributed by atoms with Crippen molar-refractivity contribution in [2.45, 2.75) is 0 Å². The lowest BCUT2D eigenvalue weighted by molar-refractivity contribution is 0.378. The van der Waals surface area contributed by atoms with Crippen molar-refractivity contribution >= 4 is 5.69 Å². The standard InChI is InChI=1S/C13H11F2NO2/c1-17-10-4-2-3-5-11(10)18-12-7-8(14)6-9(15)13(12)16/h2-7H,16H2,1H3. The molecule has 0 aliphatic carbocycles. The van der Waals surface area contributed by atoms with Crippen LogP contribution in [0.3, 0.4) is 0 Å². The number of para-hydroxylation sites is 2. The number of rotatable bonds is 3. The Morgan fingerprint density at radius 1 is 1.00 bits per heavy atom. The van der Waals surface area contributed by atoms with Gasteiger partial charge in [0.2, 0.25) is 0 Å². The van der Waals surface area contributed by atoms with Crippen LogP contribution < -0.4 is 15.2 Å². The van der Waals surface area contributed by atoms with Crippen molar-refractivity contribution in [2.75, 3.05) is 12.8 Å². The van der Waals surface area contributed by atoms with Gasteiger partial charge in [-0.05, 0) is 12.1 Å². The van der Waals surface area contributed by atoms with Crippen LogP contribution in [0.25, 0.3) is 0 Å². The van der Waals surface area contributed by atoms with E-state index in [-0.39, 0.29) is 11.4 Å². The zero-order chi connectivity index (χ0) is 13.1.